The number of hydrazone groups is 2. The highest BCUT2D eigenvalue weighted by Crippen LogP contribution is 2.27. The summed E-state index contributed by atoms with van der Waals surface area (Å²) in [6, 6.07) is 4.87. The lowest BCUT2D eigenvalue weighted by Gasteiger charge is -2.05. The fraction of sp³-hybridized carbons (Fsp3) is 0.231. The van der Waals surface area contributed by atoms with E-state index < -0.39 is 11.8 Å². The first-order valence-electron chi connectivity index (χ1n) is 6.11. The minimum atomic E-state index is -0.620. The van der Waals surface area contributed by atoms with Gasteiger partial charge < -0.3 is 9.84 Å². The number of carbonyl (C=O) groups is 2. The number of nitrogens with one attached hydrogen (secondary N) is 2. The molecule has 0 saturated carbocycles. The van der Waals surface area contributed by atoms with Gasteiger partial charge >= 0.3 is 0 Å². The van der Waals surface area contributed by atoms with Crippen LogP contribution in [-0.2, 0) is 9.59 Å². The van der Waals surface area contributed by atoms with Crippen LogP contribution < -0.4 is 15.6 Å². The normalized spacial score (nSPS) is 17.5. The SMILES string of the molecule is COc1cccc(/C=N/NC(=O)C2=NNC(=O)[C@H]2C)c1O. The summed E-state index contributed by atoms with van der Waals surface area (Å²) in [5.74, 6) is -1.32. The summed E-state index contributed by atoms with van der Waals surface area (Å²) in [6.45, 7) is 1.57. The summed E-state index contributed by atoms with van der Waals surface area (Å²) in [5.41, 5.74) is 4.90. The van der Waals surface area contributed by atoms with Gasteiger partial charge in [0.2, 0.25) is 5.91 Å². The quantitative estimate of drug-likeness (QED) is 0.534. The van der Waals surface area contributed by atoms with Gasteiger partial charge in [0.05, 0.1) is 19.2 Å². The van der Waals surface area contributed by atoms with Crippen LogP contribution in [0.3, 0.4) is 0 Å². The summed E-state index contributed by atoms with van der Waals surface area (Å²) >= 11 is 0. The van der Waals surface area contributed by atoms with E-state index in [2.05, 4.69) is 21.1 Å². The second kappa shape index (κ2) is 6.04. The van der Waals surface area contributed by atoms with Gasteiger partial charge in [-0.2, -0.15) is 10.2 Å². The summed E-state index contributed by atoms with van der Waals surface area (Å²) in [5, 5.41) is 17.2. The molecule has 1 aliphatic heterocycles. The minimum Gasteiger partial charge on any atom is -0.504 e. The van der Waals surface area contributed by atoms with Crippen LogP contribution in [0.2, 0.25) is 0 Å². The van der Waals surface area contributed by atoms with Crippen molar-refractivity contribution in [3.63, 3.8) is 0 Å². The van der Waals surface area contributed by atoms with Gasteiger partial charge in [-0.05, 0) is 19.1 Å². The maximum atomic E-state index is 11.8. The summed E-state index contributed by atoms with van der Waals surface area (Å²) in [4.78, 5) is 23.0. The van der Waals surface area contributed by atoms with Crippen molar-refractivity contribution in [3.05, 3.63) is 23.8 Å². The van der Waals surface area contributed by atoms with Crippen LogP contribution in [0.25, 0.3) is 0 Å². The molecule has 1 heterocycles. The molecule has 0 radical (unpaired) electrons. The van der Waals surface area contributed by atoms with Crippen molar-refractivity contribution in [2.24, 2.45) is 16.1 Å². The van der Waals surface area contributed by atoms with Gasteiger partial charge in [-0.1, -0.05) is 6.07 Å². The van der Waals surface area contributed by atoms with E-state index in [9.17, 15) is 14.7 Å². The molecule has 1 atom stereocenters. The lowest BCUT2D eigenvalue weighted by molar-refractivity contribution is -0.122. The standard InChI is InChI=1S/C13H14N4O4/c1-7-10(15-17-12(7)19)13(20)16-14-6-8-4-3-5-9(21-2)11(8)18/h3-7,18H,1-2H3,(H,16,20)(H,17,19)/b14-6+/t7-/m0/s1. The zero-order chi connectivity index (χ0) is 15.4. The Morgan fingerprint density at radius 2 is 2.33 bits per heavy atom. The van der Waals surface area contributed by atoms with Gasteiger partial charge in [-0.15, -0.1) is 0 Å². The van der Waals surface area contributed by atoms with Crippen molar-refractivity contribution < 1.29 is 19.4 Å². The Bertz CT molecular complexity index is 639. The number of para-hydroxylation sites is 1. The summed E-state index contributed by atoms with van der Waals surface area (Å²) in [6.07, 6.45) is 1.27. The number of hydrogen-bond acceptors (Lipinski definition) is 6. The number of benzene rings is 1. The first-order chi connectivity index (χ1) is 10.0. The third kappa shape index (κ3) is 2.99. The Morgan fingerprint density at radius 1 is 1.57 bits per heavy atom. The van der Waals surface area contributed by atoms with Crippen molar-refractivity contribution in [2.75, 3.05) is 7.11 Å². The molecular formula is C13H14N4O4. The predicted molar refractivity (Wildman–Crippen MR) is 75.1 cm³/mol. The average Bonchev–Trinajstić information content (AvgIpc) is 2.81. The number of nitrogens with zero attached hydrogens (tertiary/aromatic N) is 2. The number of ether oxygens (including phenoxy) is 1. The number of phenolic OH excluding ortho intramolecular Hbond substituents is 1. The van der Waals surface area contributed by atoms with E-state index in [1.165, 1.54) is 13.3 Å². The Kier molecular flexibility index (Phi) is 4.17. The minimum absolute atomic E-state index is 0.0621. The monoisotopic (exact) mass is 290 g/mol. The van der Waals surface area contributed by atoms with Gasteiger partial charge in [0, 0.05) is 5.56 Å². The molecule has 0 unspecified atom stereocenters. The summed E-state index contributed by atoms with van der Waals surface area (Å²) in [7, 11) is 1.43. The number of aromatic hydroxyl groups is 1. The molecule has 0 aliphatic carbocycles. The van der Waals surface area contributed by atoms with Gasteiger partial charge in [0.15, 0.2) is 11.5 Å². The molecule has 0 fully saturated rings. The molecule has 2 rings (SSSR count). The Hall–Kier alpha value is -2.90. The van der Waals surface area contributed by atoms with Crippen LogP contribution in [-0.4, -0.2) is 36.0 Å². The molecule has 3 N–H and O–H groups in total. The molecule has 1 aromatic carbocycles. The average molecular weight is 290 g/mol. The molecule has 110 valence electrons. The van der Waals surface area contributed by atoms with E-state index in [0.717, 1.165) is 0 Å². The first kappa shape index (κ1) is 14.5. The van der Waals surface area contributed by atoms with Crippen LogP contribution in [0.5, 0.6) is 11.5 Å². The van der Waals surface area contributed by atoms with Gasteiger partial charge in [0.1, 0.15) is 5.71 Å². The van der Waals surface area contributed by atoms with E-state index in [-0.39, 0.29) is 17.4 Å². The third-order valence-corrected chi connectivity index (χ3v) is 2.94. The number of carbonyl (C=O) groups excluding carboxylic acids is 2. The number of phenols is 1. The van der Waals surface area contributed by atoms with E-state index in [1.54, 1.807) is 25.1 Å². The molecule has 0 aromatic heterocycles. The predicted octanol–water partition coefficient (Wildman–Crippen LogP) is -0.0272. The lowest BCUT2D eigenvalue weighted by Crippen LogP contribution is -2.32. The van der Waals surface area contributed by atoms with Crippen molar-refractivity contribution in [1.29, 1.82) is 0 Å². The highest BCUT2D eigenvalue weighted by Gasteiger charge is 2.30. The zero-order valence-electron chi connectivity index (χ0n) is 11.5. The van der Waals surface area contributed by atoms with Crippen molar-refractivity contribution in [3.8, 4) is 11.5 Å². The van der Waals surface area contributed by atoms with Gasteiger partial charge in [0.25, 0.3) is 5.91 Å². The third-order valence-electron chi connectivity index (χ3n) is 2.94. The Balaban J connectivity index is 2.03. The van der Waals surface area contributed by atoms with Gasteiger partial charge in [-0.3, -0.25) is 9.59 Å². The molecule has 0 spiro atoms. The molecule has 2 amide bonds. The van der Waals surface area contributed by atoms with E-state index in [1.807, 2.05) is 0 Å². The van der Waals surface area contributed by atoms with E-state index >= 15 is 0 Å². The van der Waals surface area contributed by atoms with Crippen LogP contribution in [0.4, 0.5) is 0 Å². The molecule has 8 heteroatoms. The molecule has 0 bridgehead atoms. The number of methoxy groups -OCH3 is 1. The summed E-state index contributed by atoms with van der Waals surface area (Å²) < 4.78 is 4.96. The Morgan fingerprint density at radius 3 is 2.95 bits per heavy atom. The molecule has 1 aliphatic rings. The van der Waals surface area contributed by atoms with Crippen LogP contribution in [0.15, 0.2) is 28.4 Å². The maximum Gasteiger partial charge on any atom is 0.288 e. The van der Waals surface area contributed by atoms with Crippen molar-refractivity contribution in [2.45, 2.75) is 6.92 Å². The molecule has 1 aromatic rings. The first-order valence-corrected chi connectivity index (χ1v) is 6.11. The van der Waals surface area contributed by atoms with Crippen LogP contribution in [0, 0.1) is 5.92 Å². The lowest BCUT2D eigenvalue weighted by atomic mass is 10.1. The van der Waals surface area contributed by atoms with Crippen LogP contribution in [0.1, 0.15) is 12.5 Å². The number of hydrogen-bond donors (Lipinski definition) is 3. The largest absolute Gasteiger partial charge is 0.504 e. The van der Waals surface area contributed by atoms with E-state index in [4.69, 9.17) is 4.74 Å². The molecule has 0 saturated heterocycles. The van der Waals surface area contributed by atoms with Crippen molar-refractivity contribution >= 4 is 23.7 Å². The van der Waals surface area contributed by atoms with Crippen LogP contribution >= 0.6 is 0 Å². The fourth-order valence-corrected chi connectivity index (χ4v) is 1.71. The smallest absolute Gasteiger partial charge is 0.288 e. The van der Waals surface area contributed by atoms with Crippen molar-refractivity contribution in [1.82, 2.24) is 10.9 Å². The van der Waals surface area contributed by atoms with E-state index in [0.29, 0.717) is 11.3 Å². The highest BCUT2D eigenvalue weighted by atomic mass is 16.5. The Labute approximate surface area is 120 Å². The highest BCUT2D eigenvalue weighted by molar-refractivity contribution is 6.44. The topological polar surface area (TPSA) is 112 Å². The number of amides is 2. The van der Waals surface area contributed by atoms with Gasteiger partial charge in [-0.25, -0.2) is 10.9 Å². The molecular weight excluding hydrogens is 276 g/mol. The fourth-order valence-electron chi connectivity index (χ4n) is 1.71. The number of rotatable bonds is 4. The second-order valence-corrected chi connectivity index (χ2v) is 4.29. The molecule has 8 nitrogen and oxygen atoms in total. The molecule has 21 heavy (non-hydrogen) atoms. The second-order valence-electron chi connectivity index (χ2n) is 4.29. The maximum absolute atomic E-state index is 11.8. The zero-order valence-corrected chi connectivity index (χ0v) is 11.5.